The highest BCUT2D eigenvalue weighted by atomic mass is 79.9. The van der Waals surface area contributed by atoms with Gasteiger partial charge in [-0.1, -0.05) is 12.1 Å². The third kappa shape index (κ3) is 3.85. The van der Waals surface area contributed by atoms with Crippen LogP contribution in [0.15, 0.2) is 45.1 Å². The molecule has 0 radical (unpaired) electrons. The van der Waals surface area contributed by atoms with E-state index in [9.17, 15) is 0 Å². The molecule has 0 amide bonds. The zero-order valence-electron chi connectivity index (χ0n) is 9.57. The van der Waals surface area contributed by atoms with E-state index in [1.54, 1.807) is 11.3 Å². The van der Waals surface area contributed by atoms with Crippen molar-refractivity contribution in [1.29, 1.82) is 0 Å². The summed E-state index contributed by atoms with van der Waals surface area (Å²) in [6, 6.07) is 10.9. The van der Waals surface area contributed by atoms with Gasteiger partial charge in [0.2, 0.25) is 0 Å². The molecule has 1 nitrogen and oxygen atoms in total. The molecule has 1 aromatic heterocycles. The van der Waals surface area contributed by atoms with Gasteiger partial charge in [-0.15, -0.1) is 23.1 Å². The summed E-state index contributed by atoms with van der Waals surface area (Å²) in [7, 11) is 1.97. The van der Waals surface area contributed by atoms with Crippen molar-refractivity contribution in [2.24, 2.45) is 0 Å². The molecule has 90 valence electrons. The molecule has 0 bridgehead atoms. The SMILES string of the molecule is CNCc1ccc(SCc2sccc2Br)cc1. The predicted molar refractivity (Wildman–Crippen MR) is 80.8 cm³/mol. The van der Waals surface area contributed by atoms with Crippen LogP contribution in [0.4, 0.5) is 0 Å². The molecule has 1 heterocycles. The summed E-state index contributed by atoms with van der Waals surface area (Å²) < 4.78 is 1.22. The fourth-order valence-corrected chi connectivity index (χ4v) is 4.18. The zero-order chi connectivity index (χ0) is 12.1. The van der Waals surface area contributed by atoms with E-state index in [1.807, 2.05) is 18.8 Å². The zero-order valence-corrected chi connectivity index (χ0v) is 12.8. The molecule has 0 aliphatic heterocycles. The van der Waals surface area contributed by atoms with E-state index in [4.69, 9.17) is 0 Å². The summed E-state index contributed by atoms with van der Waals surface area (Å²) in [5.74, 6) is 1.03. The second-order valence-electron chi connectivity index (χ2n) is 3.65. The van der Waals surface area contributed by atoms with Crippen LogP contribution in [0.1, 0.15) is 10.4 Å². The van der Waals surface area contributed by atoms with Gasteiger partial charge in [0, 0.05) is 26.5 Å². The Kier molecular flexibility index (Phi) is 5.10. The third-order valence-electron chi connectivity index (χ3n) is 2.37. The van der Waals surface area contributed by atoms with Crippen molar-refractivity contribution in [3.63, 3.8) is 0 Å². The Morgan fingerprint density at radius 3 is 2.59 bits per heavy atom. The number of halogens is 1. The van der Waals surface area contributed by atoms with E-state index < -0.39 is 0 Å². The topological polar surface area (TPSA) is 12.0 Å². The minimum Gasteiger partial charge on any atom is -0.316 e. The van der Waals surface area contributed by atoms with Crippen LogP contribution < -0.4 is 5.32 Å². The van der Waals surface area contributed by atoms with E-state index in [2.05, 4.69) is 57.0 Å². The molecule has 2 rings (SSSR count). The van der Waals surface area contributed by atoms with Crippen molar-refractivity contribution < 1.29 is 0 Å². The Morgan fingerprint density at radius 1 is 1.24 bits per heavy atom. The summed E-state index contributed by atoms with van der Waals surface area (Å²) in [5.41, 5.74) is 1.33. The van der Waals surface area contributed by atoms with E-state index in [0.717, 1.165) is 12.3 Å². The van der Waals surface area contributed by atoms with Gasteiger partial charge < -0.3 is 5.32 Å². The minimum absolute atomic E-state index is 0.932. The molecule has 0 saturated carbocycles. The van der Waals surface area contributed by atoms with Gasteiger partial charge in [0.15, 0.2) is 0 Å². The van der Waals surface area contributed by atoms with E-state index in [-0.39, 0.29) is 0 Å². The highest BCUT2D eigenvalue weighted by Gasteiger charge is 2.02. The van der Waals surface area contributed by atoms with Crippen LogP contribution in [0.5, 0.6) is 0 Å². The van der Waals surface area contributed by atoms with Gasteiger partial charge in [0.1, 0.15) is 0 Å². The van der Waals surface area contributed by atoms with Crippen LogP contribution >= 0.6 is 39.0 Å². The van der Waals surface area contributed by atoms with Crippen molar-refractivity contribution in [1.82, 2.24) is 5.32 Å². The van der Waals surface area contributed by atoms with Gasteiger partial charge in [0.05, 0.1) is 0 Å². The molecule has 4 heteroatoms. The maximum absolute atomic E-state index is 3.56. The van der Waals surface area contributed by atoms with Crippen LogP contribution in [0.25, 0.3) is 0 Å². The molecule has 0 aliphatic carbocycles. The van der Waals surface area contributed by atoms with E-state index in [0.29, 0.717) is 0 Å². The van der Waals surface area contributed by atoms with Crippen LogP contribution in [-0.2, 0) is 12.3 Å². The second-order valence-corrected chi connectivity index (χ2v) is 6.56. The molecule has 1 N–H and O–H groups in total. The first-order valence-corrected chi connectivity index (χ1v) is 8.03. The normalized spacial score (nSPS) is 10.7. The number of nitrogens with one attached hydrogen (secondary N) is 1. The van der Waals surface area contributed by atoms with Gasteiger partial charge in [0.25, 0.3) is 0 Å². The fourth-order valence-electron chi connectivity index (χ4n) is 1.48. The molecular formula is C13H14BrNS2. The lowest BCUT2D eigenvalue weighted by molar-refractivity contribution is 0.817. The number of rotatable bonds is 5. The van der Waals surface area contributed by atoms with Crippen molar-refractivity contribution in [3.8, 4) is 0 Å². The monoisotopic (exact) mass is 327 g/mol. The van der Waals surface area contributed by atoms with Gasteiger partial charge in [-0.2, -0.15) is 0 Å². The Balaban J connectivity index is 1.93. The number of hydrogen-bond acceptors (Lipinski definition) is 3. The van der Waals surface area contributed by atoms with Gasteiger partial charge >= 0.3 is 0 Å². The molecule has 1 aromatic carbocycles. The van der Waals surface area contributed by atoms with Crippen LogP contribution in [0.2, 0.25) is 0 Å². The summed E-state index contributed by atoms with van der Waals surface area (Å²) in [6.07, 6.45) is 0. The number of thioether (sulfide) groups is 1. The third-order valence-corrected chi connectivity index (χ3v) is 5.51. The number of benzene rings is 1. The predicted octanol–water partition coefficient (Wildman–Crippen LogP) is 4.52. The Bertz CT molecular complexity index is 465. The number of hydrogen-bond donors (Lipinski definition) is 1. The Morgan fingerprint density at radius 2 is 2.00 bits per heavy atom. The van der Waals surface area contributed by atoms with Crippen molar-refractivity contribution in [2.75, 3.05) is 7.05 Å². The quantitative estimate of drug-likeness (QED) is 0.810. The molecule has 0 atom stereocenters. The number of thiophene rings is 1. The van der Waals surface area contributed by atoms with Crippen molar-refractivity contribution in [2.45, 2.75) is 17.2 Å². The highest BCUT2D eigenvalue weighted by Crippen LogP contribution is 2.30. The minimum atomic E-state index is 0.932. The van der Waals surface area contributed by atoms with Crippen LogP contribution in [0.3, 0.4) is 0 Å². The average Bonchev–Trinajstić information content (AvgIpc) is 2.75. The Hall–Kier alpha value is -0.290. The average molecular weight is 328 g/mol. The maximum Gasteiger partial charge on any atom is 0.0337 e. The summed E-state index contributed by atoms with van der Waals surface area (Å²) in [6.45, 7) is 0.932. The molecular weight excluding hydrogens is 314 g/mol. The second kappa shape index (κ2) is 6.59. The van der Waals surface area contributed by atoms with Crippen LogP contribution in [0, 0.1) is 0 Å². The first kappa shape index (κ1) is 13.1. The Labute approximate surface area is 119 Å². The molecule has 0 aliphatic rings. The lowest BCUT2D eigenvalue weighted by Crippen LogP contribution is -2.04. The first-order chi connectivity index (χ1) is 8.29. The summed E-state index contributed by atoms with van der Waals surface area (Å²) in [5, 5.41) is 5.27. The van der Waals surface area contributed by atoms with Gasteiger partial charge in [-0.05, 0) is 52.1 Å². The fraction of sp³-hybridized carbons (Fsp3) is 0.231. The van der Waals surface area contributed by atoms with Crippen molar-refractivity contribution in [3.05, 3.63) is 50.6 Å². The molecule has 0 unspecified atom stereocenters. The molecule has 0 saturated heterocycles. The van der Waals surface area contributed by atoms with Crippen LogP contribution in [-0.4, -0.2) is 7.05 Å². The highest BCUT2D eigenvalue weighted by molar-refractivity contribution is 9.10. The standard InChI is InChI=1S/C13H14BrNS2/c1-15-8-10-2-4-11(5-3-10)17-9-13-12(14)6-7-16-13/h2-7,15H,8-9H2,1H3. The van der Waals surface area contributed by atoms with Crippen molar-refractivity contribution >= 4 is 39.0 Å². The smallest absolute Gasteiger partial charge is 0.0337 e. The summed E-state index contributed by atoms with van der Waals surface area (Å²) in [4.78, 5) is 2.72. The molecule has 0 fully saturated rings. The first-order valence-electron chi connectivity index (χ1n) is 5.38. The molecule has 17 heavy (non-hydrogen) atoms. The lowest BCUT2D eigenvalue weighted by Gasteiger charge is -2.03. The van der Waals surface area contributed by atoms with Gasteiger partial charge in [-0.25, -0.2) is 0 Å². The van der Waals surface area contributed by atoms with Gasteiger partial charge in [-0.3, -0.25) is 0 Å². The largest absolute Gasteiger partial charge is 0.316 e. The lowest BCUT2D eigenvalue weighted by atomic mass is 10.2. The van der Waals surface area contributed by atoms with E-state index >= 15 is 0 Å². The summed E-state index contributed by atoms with van der Waals surface area (Å²) >= 11 is 7.24. The molecule has 2 aromatic rings. The molecule has 0 spiro atoms. The maximum atomic E-state index is 3.56. The van der Waals surface area contributed by atoms with E-state index in [1.165, 1.54) is 19.8 Å².